The van der Waals surface area contributed by atoms with Gasteiger partial charge in [0.1, 0.15) is 11.3 Å². The van der Waals surface area contributed by atoms with Crippen LogP contribution in [0.4, 0.5) is 0 Å². The zero-order chi connectivity index (χ0) is 14.0. The standard InChI is InChI=1S/C12H15N3O3S/c1-7(6-18-2)15-9(11(16)17)4-8-5-13-12(19-3)14-10(8)15/h4-5,7H,6H2,1-3H3,(H,16,17). The molecule has 7 heteroatoms. The first-order chi connectivity index (χ1) is 9.08. The van der Waals surface area contributed by atoms with E-state index in [1.807, 2.05) is 13.2 Å². The van der Waals surface area contributed by atoms with Crippen LogP contribution in [-0.4, -0.2) is 45.6 Å². The molecular weight excluding hydrogens is 266 g/mol. The predicted molar refractivity (Wildman–Crippen MR) is 72.9 cm³/mol. The minimum absolute atomic E-state index is 0.113. The summed E-state index contributed by atoms with van der Waals surface area (Å²) in [7, 11) is 1.59. The van der Waals surface area contributed by atoms with E-state index in [1.165, 1.54) is 11.8 Å². The fourth-order valence-corrected chi connectivity index (χ4v) is 2.35. The molecule has 1 N–H and O–H groups in total. The van der Waals surface area contributed by atoms with Crippen molar-refractivity contribution in [2.45, 2.75) is 18.1 Å². The van der Waals surface area contributed by atoms with E-state index in [4.69, 9.17) is 4.74 Å². The third-order valence-electron chi connectivity index (χ3n) is 2.80. The molecule has 0 aromatic carbocycles. The number of methoxy groups -OCH3 is 1. The maximum absolute atomic E-state index is 11.3. The second-order valence-electron chi connectivity index (χ2n) is 4.14. The molecule has 2 rings (SSSR count). The minimum atomic E-state index is -0.980. The molecule has 0 radical (unpaired) electrons. The molecule has 6 nitrogen and oxygen atoms in total. The molecule has 2 aromatic heterocycles. The van der Waals surface area contributed by atoms with E-state index in [9.17, 15) is 9.90 Å². The Hall–Kier alpha value is -1.60. The van der Waals surface area contributed by atoms with Crippen LogP contribution in [0.25, 0.3) is 11.0 Å². The molecule has 2 heterocycles. The van der Waals surface area contributed by atoms with E-state index in [-0.39, 0.29) is 11.7 Å². The molecule has 1 atom stereocenters. The predicted octanol–water partition coefficient (Wildman–Crippen LogP) is 2.06. The number of hydrogen-bond donors (Lipinski definition) is 1. The second kappa shape index (κ2) is 5.58. The van der Waals surface area contributed by atoms with Crippen molar-refractivity contribution >= 4 is 28.8 Å². The quantitative estimate of drug-likeness (QED) is 0.667. The van der Waals surface area contributed by atoms with E-state index in [0.717, 1.165) is 5.39 Å². The summed E-state index contributed by atoms with van der Waals surface area (Å²) in [4.78, 5) is 19.9. The van der Waals surface area contributed by atoms with Crippen molar-refractivity contribution in [2.75, 3.05) is 20.0 Å². The summed E-state index contributed by atoms with van der Waals surface area (Å²) in [5.41, 5.74) is 0.827. The summed E-state index contributed by atoms with van der Waals surface area (Å²) in [5.74, 6) is -0.980. The van der Waals surface area contributed by atoms with Crippen molar-refractivity contribution in [3.05, 3.63) is 18.0 Å². The summed E-state index contributed by atoms with van der Waals surface area (Å²) >= 11 is 1.42. The van der Waals surface area contributed by atoms with Crippen molar-refractivity contribution in [3.8, 4) is 0 Å². The van der Waals surface area contributed by atoms with Gasteiger partial charge in [0.15, 0.2) is 5.16 Å². The molecule has 2 aromatic rings. The van der Waals surface area contributed by atoms with E-state index < -0.39 is 5.97 Å². The van der Waals surface area contributed by atoms with Crippen LogP contribution in [0.15, 0.2) is 17.4 Å². The monoisotopic (exact) mass is 281 g/mol. The van der Waals surface area contributed by atoms with E-state index in [0.29, 0.717) is 17.4 Å². The Morgan fingerprint density at radius 3 is 2.95 bits per heavy atom. The Morgan fingerprint density at radius 2 is 2.37 bits per heavy atom. The number of aromatic nitrogens is 3. The molecule has 0 fully saturated rings. The summed E-state index contributed by atoms with van der Waals surface area (Å²) < 4.78 is 6.79. The SMILES string of the molecule is COCC(C)n1c(C(=O)O)cc2cnc(SC)nc21. The number of ether oxygens (including phenoxy) is 1. The highest BCUT2D eigenvalue weighted by Gasteiger charge is 2.20. The normalized spacial score (nSPS) is 12.8. The highest BCUT2D eigenvalue weighted by atomic mass is 32.2. The Balaban J connectivity index is 2.66. The lowest BCUT2D eigenvalue weighted by molar-refractivity contribution is 0.0679. The van der Waals surface area contributed by atoms with Gasteiger partial charge in [-0.1, -0.05) is 11.8 Å². The van der Waals surface area contributed by atoms with E-state index in [1.54, 1.807) is 23.9 Å². The first-order valence-corrected chi connectivity index (χ1v) is 6.95. The molecule has 1 unspecified atom stereocenters. The van der Waals surface area contributed by atoms with Crippen molar-refractivity contribution < 1.29 is 14.6 Å². The molecule has 0 spiro atoms. The molecule has 19 heavy (non-hydrogen) atoms. The second-order valence-corrected chi connectivity index (χ2v) is 4.92. The lowest BCUT2D eigenvalue weighted by atomic mass is 10.3. The van der Waals surface area contributed by atoms with Gasteiger partial charge >= 0.3 is 5.97 Å². The van der Waals surface area contributed by atoms with Crippen molar-refractivity contribution in [1.29, 1.82) is 0 Å². The summed E-state index contributed by atoms with van der Waals surface area (Å²) in [6, 6.07) is 1.48. The molecule has 102 valence electrons. The lowest BCUT2D eigenvalue weighted by Gasteiger charge is -2.15. The highest BCUT2D eigenvalue weighted by molar-refractivity contribution is 7.98. The van der Waals surface area contributed by atoms with Crippen molar-refractivity contribution in [3.63, 3.8) is 0 Å². The number of aromatic carboxylic acids is 1. The number of fused-ring (bicyclic) bond motifs is 1. The molecule has 0 saturated carbocycles. The van der Waals surface area contributed by atoms with Gasteiger partial charge in [-0.25, -0.2) is 14.8 Å². The molecular formula is C12H15N3O3S. The van der Waals surface area contributed by atoms with Gasteiger partial charge < -0.3 is 14.4 Å². The largest absolute Gasteiger partial charge is 0.477 e. The Morgan fingerprint density at radius 1 is 1.63 bits per heavy atom. The molecule has 0 saturated heterocycles. The molecule has 0 aliphatic rings. The van der Waals surface area contributed by atoms with Crippen LogP contribution < -0.4 is 0 Å². The van der Waals surface area contributed by atoms with Crippen LogP contribution in [0.5, 0.6) is 0 Å². The van der Waals surface area contributed by atoms with Crippen molar-refractivity contribution in [1.82, 2.24) is 14.5 Å². The summed E-state index contributed by atoms with van der Waals surface area (Å²) in [6.07, 6.45) is 3.53. The van der Waals surface area contributed by atoms with Gasteiger partial charge in [-0.3, -0.25) is 0 Å². The fourth-order valence-electron chi connectivity index (χ4n) is 2.02. The summed E-state index contributed by atoms with van der Waals surface area (Å²) in [6.45, 7) is 2.32. The maximum Gasteiger partial charge on any atom is 0.352 e. The number of carboxylic acid groups (broad SMARTS) is 1. The van der Waals surface area contributed by atoms with Crippen molar-refractivity contribution in [2.24, 2.45) is 0 Å². The van der Waals surface area contributed by atoms with Crippen LogP contribution in [-0.2, 0) is 4.74 Å². The average molecular weight is 281 g/mol. The van der Waals surface area contributed by atoms with Gasteiger partial charge in [0.25, 0.3) is 0 Å². The molecule has 0 aliphatic heterocycles. The van der Waals surface area contributed by atoms with Crippen LogP contribution >= 0.6 is 11.8 Å². The number of nitrogens with zero attached hydrogens (tertiary/aromatic N) is 3. The number of thioether (sulfide) groups is 1. The molecule has 0 aliphatic carbocycles. The van der Waals surface area contributed by atoms with Crippen LogP contribution in [0, 0.1) is 0 Å². The number of hydrogen-bond acceptors (Lipinski definition) is 5. The van der Waals surface area contributed by atoms with Gasteiger partial charge in [-0.2, -0.15) is 0 Å². The smallest absolute Gasteiger partial charge is 0.352 e. The highest BCUT2D eigenvalue weighted by Crippen LogP contribution is 2.24. The average Bonchev–Trinajstić information content (AvgIpc) is 2.77. The Bertz CT molecular complexity index is 612. The van der Waals surface area contributed by atoms with E-state index in [2.05, 4.69) is 9.97 Å². The Kier molecular flexibility index (Phi) is 4.06. The van der Waals surface area contributed by atoms with Crippen LogP contribution in [0.1, 0.15) is 23.5 Å². The Labute approximate surface area is 114 Å². The minimum Gasteiger partial charge on any atom is -0.477 e. The van der Waals surface area contributed by atoms with E-state index >= 15 is 0 Å². The van der Waals surface area contributed by atoms with Gasteiger partial charge in [0, 0.05) is 18.7 Å². The van der Waals surface area contributed by atoms with Gasteiger partial charge in [-0.05, 0) is 19.2 Å². The lowest BCUT2D eigenvalue weighted by Crippen LogP contribution is -2.17. The molecule has 0 amide bonds. The van der Waals surface area contributed by atoms with Gasteiger partial charge in [0.05, 0.1) is 12.6 Å². The zero-order valence-electron chi connectivity index (χ0n) is 11.0. The first kappa shape index (κ1) is 13.8. The summed E-state index contributed by atoms with van der Waals surface area (Å²) in [5, 5.41) is 10.6. The number of rotatable bonds is 5. The topological polar surface area (TPSA) is 77.2 Å². The van der Waals surface area contributed by atoms with Gasteiger partial charge in [-0.15, -0.1) is 0 Å². The zero-order valence-corrected chi connectivity index (χ0v) is 11.8. The van der Waals surface area contributed by atoms with Crippen LogP contribution in [0.2, 0.25) is 0 Å². The molecule has 0 bridgehead atoms. The fraction of sp³-hybridized carbons (Fsp3) is 0.417. The van der Waals surface area contributed by atoms with Gasteiger partial charge in [0.2, 0.25) is 0 Å². The first-order valence-electron chi connectivity index (χ1n) is 5.72. The number of carboxylic acids is 1. The third kappa shape index (κ3) is 2.57. The third-order valence-corrected chi connectivity index (χ3v) is 3.37. The van der Waals surface area contributed by atoms with Crippen LogP contribution in [0.3, 0.4) is 0 Å². The number of carbonyl (C=O) groups is 1. The maximum atomic E-state index is 11.3.